The highest BCUT2D eigenvalue weighted by Crippen LogP contribution is 2.42. The number of fused-ring (bicyclic) bond motifs is 9. The van der Waals surface area contributed by atoms with Crippen LogP contribution in [-0.2, 0) is 0 Å². The molecular weight excluding hydrogens is 721 g/mol. The largest absolute Gasteiger partial charge is 0.452 e. The van der Waals surface area contributed by atoms with Gasteiger partial charge in [-0.25, -0.2) is 15.0 Å². The van der Waals surface area contributed by atoms with Crippen molar-refractivity contribution < 1.29 is 4.42 Å². The summed E-state index contributed by atoms with van der Waals surface area (Å²) in [6.45, 7) is 0. The summed E-state index contributed by atoms with van der Waals surface area (Å²) in [5.41, 5.74) is 8.91. The maximum absolute atomic E-state index is 6.36. The molecule has 5 aromatic heterocycles. The van der Waals surface area contributed by atoms with Gasteiger partial charge in [-0.1, -0.05) is 133 Å². The van der Waals surface area contributed by atoms with E-state index in [2.05, 4.69) is 108 Å². The number of nitrogens with zero attached hydrogens (tertiary/aromatic N) is 6. The van der Waals surface area contributed by atoms with Gasteiger partial charge in [-0.15, -0.1) is 11.3 Å². The topological polar surface area (TPSA) is 82.5 Å². The van der Waals surface area contributed by atoms with Crippen LogP contribution in [0.4, 0.5) is 0 Å². The van der Waals surface area contributed by atoms with Crippen LogP contribution in [0.5, 0.6) is 0 Å². The number of aromatic nitrogens is 6. The van der Waals surface area contributed by atoms with Crippen molar-refractivity contribution in [2.24, 2.45) is 0 Å². The molecular formula is C49H28N6OS. The van der Waals surface area contributed by atoms with E-state index in [1.807, 2.05) is 66.7 Å². The second kappa shape index (κ2) is 12.5. The minimum atomic E-state index is 0.573. The van der Waals surface area contributed by atoms with Crippen LogP contribution < -0.4 is 0 Å². The van der Waals surface area contributed by atoms with E-state index in [4.69, 9.17) is 29.3 Å². The monoisotopic (exact) mass is 748 g/mol. The first-order valence-corrected chi connectivity index (χ1v) is 19.6. The molecule has 0 atom stereocenters. The van der Waals surface area contributed by atoms with Crippen LogP contribution in [0.2, 0.25) is 0 Å². The van der Waals surface area contributed by atoms with E-state index in [1.54, 1.807) is 11.3 Å². The Morgan fingerprint density at radius 3 is 1.86 bits per heavy atom. The lowest BCUT2D eigenvalue weighted by Crippen LogP contribution is -2.06. The average molecular weight is 749 g/mol. The van der Waals surface area contributed by atoms with Gasteiger partial charge in [-0.05, 0) is 36.4 Å². The SMILES string of the molecule is c1ccc(-c2nc(-c3cccc4sc5cc(-c6nc(-c7ccccc7)c7oc8ccccc8c7n6)ccc5c34)nc(-n3c4ccccc4c4ccccc43)n2)cc1. The van der Waals surface area contributed by atoms with Crippen molar-refractivity contribution in [2.75, 3.05) is 0 Å². The Kier molecular flexibility index (Phi) is 6.96. The van der Waals surface area contributed by atoms with Crippen molar-refractivity contribution >= 4 is 75.4 Å². The minimum Gasteiger partial charge on any atom is -0.452 e. The molecule has 0 saturated carbocycles. The third kappa shape index (κ3) is 5.01. The van der Waals surface area contributed by atoms with E-state index < -0.39 is 0 Å². The van der Waals surface area contributed by atoms with Crippen LogP contribution >= 0.6 is 11.3 Å². The van der Waals surface area contributed by atoms with Gasteiger partial charge in [0.1, 0.15) is 16.8 Å². The molecule has 0 radical (unpaired) electrons. The summed E-state index contributed by atoms with van der Waals surface area (Å²) >= 11 is 1.74. The van der Waals surface area contributed by atoms with Gasteiger partial charge in [0.15, 0.2) is 23.1 Å². The molecule has 0 saturated heterocycles. The van der Waals surface area contributed by atoms with Crippen molar-refractivity contribution in [3.63, 3.8) is 0 Å². The fourth-order valence-corrected chi connectivity index (χ4v) is 9.27. The molecule has 0 fully saturated rings. The van der Waals surface area contributed by atoms with Gasteiger partial charge in [-0.2, -0.15) is 9.97 Å². The smallest absolute Gasteiger partial charge is 0.238 e. The predicted octanol–water partition coefficient (Wildman–Crippen LogP) is 12.7. The van der Waals surface area contributed by atoms with E-state index in [0.717, 1.165) is 86.4 Å². The Balaban J connectivity index is 1.06. The van der Waals surface area contributed by atoms with Crippen molar-refractivity contribution in [1.82, 2.24) is 29.5 Å². The normalized spacial score (nSPS) is 11.9. The first-order chi connectivity index (χ1) is 28.2. The van der Waals surface area contributed by atoms with Gasteiger partial charge in [0.2, 0.25) is 5.95 Å². The van der Waals surface area contributed by atoms with Crippen LogP contribution in [0.3, 0.4) is 0 Å². The Morgan fingerprint density at radius 2 is 1.09 bits per heavy atom. The molecule has 0 N–H and O–H groups in total. The Hall–Kier alpha value is -7.55. The molecule has 5 heterocycles. The van der Waals surface area contributed by atoms with Gasteiger partial charge in [0.05, 0.1) is 11.0 Å². The number of benzene rings is 7. The second-order valence-electron chi connectivity index (χ2n) is 14.0. The van der Waals surface area contributed by atoms with Gasteiger partial charge >= 0.3 is 0 Å². The Labute approximate surface area is 329 Å². The van der Waals surface area contributed by atoms with Crippen molar-refractivity contribution in [1.29, 1.82) is 0 Å². The molecule has 7 aromatic carbocycles. The summed E-state index contributed by atoms with van der Waals surface area (Å²) in [5.74, 6) is 2.45. The van der Waals surface area contributed by atoms with Crippen LogP contribution in [-0.4, -0.2) is 29.5 Å². The van der Waals surface area contributed by atoms with Crippen LogP contribution in [0.1, 0.15) is 0 Å². The summed E-state index contributed by atoms with van der Waals surface area (Å²) in [7, 11) is 0. The molecule has 12 rings (SSSR count). The third-order valence-electron chi connectivity index (χ3n) is 10.7. The van der Waals surface area contributed by atoms with E-state index in [1.165, 1.54) is 0 Å². The highest BCUT2D eigenvalue weighted by Gasteiger charge is 2.22. The van der Waals surface area contributed by atoms with E-state index in [-0.39, 0.29) is 0 Å². The molecule has 7 nitrogen and oxygen atoms in total. The van der Waals surface area contributed by atoms with Crippen LogP contribution in [0.15, 0.2) is 174 Å². The molecule has 0 aliphatic heterocycles. The molecule has 266 valence electrons. The fourth-order valence-electron chi connectivity index (χ4n) is 8.10. The number of hydrogen-bond donors (Lipinski definition) is 0. The molecule has 0 aliphatic carbocycles. The number of thiophene rings is 1. The first-order valence-electron chi connectivity index (χ1n) is 18.8. The highest BCUT2D eigenvalue weighted by atomic mass is 32.1. The zero-order valence-corrected chi connectivity index (χ0v) is 31.0. The quantitative estimate of drug-likeness (QED) is 0.174. The average Bonchev–Trinajstić information content (AvgIpc) is 3.96. The van der Waals surface area contributed by atoms with E-state index in [0.29, 0.717) is 29.0 Å². The molecule has 0 amide bonds. The summed E-state index contributed by atoms with van der Waals surface area (Å²) in [6.07, 6.45) is 0. The zero-order valence-electron chi connectivity index (χ0n) is 30.2. The molecule has 12 aromatic rings. The lowest BCUT2D eigenvalue weighted by Gasteiger charge is -2.11. The second-order valence-corrected chi connectivity index (χ2v) is 15.1. The molecule has 8 heteroatoms. The minimum absolute atomic E-state index is 0.573. The Morgan fingerprint density at radius 1 is 0.439 bits per heavy atom. The van der Waals surface area contributed by atoms with E-state index >= 15 is 0 Å². The summed E-state index contributed by atoms with van der Waals surface area (Å²) in [4.78, 5) is 25.9. The lowest BCUT2D eigenvalue weighted by atomic mass is 10.0. The van der Waals surface area contributed by atoms with Crippen LogP contribution in [0, 0.1) is 0 Å². The molecule has 57 heavy (non-hydrogen) atoms. The molecule has 0 unspecified atom stereocenters. The van der Waals surface area contributed by atoms with Gasteiger partial charge in [0, 0.05) is 58.6 Å². The fraction of sp³-hybridized carbons (Fsp3) is 0. The van der Waals surface area contributed by atoms with Gasteiger partial charge < -0.3 is 4.42 Å². The van der Waals surface area contributed by atoms with E-state index in [9.17, 15) is 0 Å². The van der Waals surface area contributed by atoms with Gasteiger partial charge in [0.25, 0.3) is 0 Å². The van der Waals surface area contributed by atoms with Crippen molar-refractivity contribution in [3.8, 4) is 51.4 Å². The zero-order chi connectivity index (χ0) is 37.5. The first kappa shape index (κ1) is 31.8. The van der Waals surface area contributed by atoms with Crippen molar-refractivity contribution in [2.45, 2.75) is 0 Å². The standard InChI is InChI=1S/C49H28N6OS/c1-3-14-29(15-4-1)43-45-44(34-20-9-12-24-39(34)56-45)51-47(50-43)31-26-27-35-41(28-31)57-40-25-13-21-36(42(35)40)48-52-46(30-16-5-2-6-17-30)53-49(54-48)55-37-22-10-7-18-32(37)33-19-8-11-23-38(33)55/h1-28H. The molecule has 0 bridgehead atoms. The predicted molar refractivity (Wildman–Crippen MR) is 232 cm³/mol. The maximum Gasteiger partial charge on any atom is 0.238 e. The Bertz CT molecular complexity index is 3480. The number of rotatable bonds is 5. The molecule has 0 spiro atoms. The van der Waals surface area contributed by atoms with Gasteiger partial charge in [-0.3, -0.25) is 4.57 Å². The number of furan rings is 1. The van der Waals surface area contributed by atoms with Crippen LogP contribution in [0.25, 0.3) is 115 Å². The lowest BCUT2D eigenvalue weighted by molar-refractivity contribution is 0.667. The molecule has 0 aliphatic rings. The maximum atomic E-state index is 6.36. The number of hydrogen-bond acceptors (Lipinski definition) is 7. The third-order valence-corrected chi connectivity index (χ3v) is 11.8. The summed E-state index contributed by atoms with van der Waals surface area (Å²) in [6, 6.07) is 58.1. The number of para-hydroxylation sites is 3. The summed E-state index contributed by atoms with van der Waals surface area (Å²) < 4.78 is 10.8. The van der Waals surface area contributed by atoms with Crippen molar-refractivity contribution in [3.05, 3.63) is 170 Å². The highest BCUT2D eigenvalue weighted by molar-refractivity contribution is 7.26. The summed E-state index contributed by atoms with van der Waals surface area (Å²) in [5, 5.41) is 5.49.